The molecule has 0 heterocycles. The molecule has 3 heteroatoms. The van der Waals surface area contributed by atoms with Gasteiger partial charge in [-0.25, -0.2) is 0 Å². The van der Waals surface area contributed by atoms with Crippen LogP contribution in [0.3, 0.4) is 0 Å². The summed E-state index contributed by atoms with van der Waals surface area (Å²) < 4.78 is 0. The van der Waals surface area contributed by atoms with Gasteiger partial charge in [0.05, 0.1) is 11.5 Å². The Balaban J connectivity index is 4.15. The van der Waals surface area contributed by atoms with E-state index in [4.69, 9.17) is 5.73 Å². The number of amides is 1. The van der Waals surface area contributed by atoms with Gasteiger partial charge in [-0.15, -0.1) is 0 Å². The zero-order valence-corrected chi connectivity index (χ0v) is 8.13. The number of hydrogen-bond donors (Lipinski definition) is 2. The quantitative estimate of drug-likeness (QED) is 0.652. The van der Waals surface area contributed by atoms with Gasteiger partial charge in [-0.05, 0) is 20.3 Å². The molecule has 0 radical (unpaired) electrons. The summed E-state index contributed by atoms with van der Waals surface area (Å²) in [5.41, 5.74) is 4.18. The molecule has 0 aliphatic heterocycles. The van der Waals surface area contributed by atoms with E-state index < -0.39 is 17.4 Å². The standard InChI is InChI=1S/C9H19NO2/c1-4-5-6-7(8(10)11)9(2,3)12/h7,12H,4-6H2,1-3H3,(H2,10,11)/t7-/m1/s1. The molecule has 12 heavy (non-hydrogen) atoms. The molecule has 72 valence electrons. The van der Waals surface area contributed by atoms with Crippen molar-refractivity contribution in [2.24, 2.45) is 11.7 Å². The van der Waals surface area contributed by atoms with Crippen LogP contribution in [0.4, 0.5) is 0 Å². The summed E-state index contributed by atoms with van der Waals surface area (Å²) >= 11 is 0. The maximum Gasteiger partial charge on any atom is 0.223 e. The van der Waals surface area contributed by atoms with E-state index in [1.165, 1.54) is 0 Å². The van der Waals surface area contributed by atoms with Crippen LogP contribution in [-0.2, 0) is 4.79 Å². The molecule has 0 saturated carbocycles. The minimum atomic E-state index is -0.985. The van der Waals surface area contributed by atoms with Crippen LogP contribution >= 0.6 is 0 Å². The second-order valence-corrected chi connectivity index (χ2v) is 3.75. The van der Waals surface area contributed by atoms with Crippen LogP contribution in [0.2, 0.25) is 0 Å². The predicted molar refractivity (Wildman–Crippen MR) is 48.5 cm³/mol. The lowest BCUT2D eigenvalue weighted by Gasteiger charge is -2.26. The van der Waals surface area contributed by atoms with E-state index in [1.54, 1.807) is 13.8 Å². The van der Waals surface area contributed by atoms with Gasteiger partial charge in [-0.2, -0.15) is 0 Å². The van der Waals surface area contributed by atoms with E-state index in [2.05, 4.69) is 0 Å². The van der Waals surface area contributed by atoms with Gasteiger partial charge in [0.25, 0.3) is 0 Å². The molecule has 0 aliphatic carbocycles. The number of rotatable bonds is 5. The summed E-state index contributed by atoms with van der Waals surface area (Å²) in [5, 5.41) is 9.57. The number of unbranched alkanes of at least 4 members (excludes halogenated alkanes) is 1. The molecule has 0 bridgehead atoms. The van der Waals surface area contributed by atoms with Crippen molar-refractivity contribution in [1.29, 1.82) is 0 Å². The lowest BCUT2D eigenvalue weighted by atomic mass is 9.86. The van der Waals surface area contributed by atoms with Crippen molar-refractivity contribution in [2.45, 2.75) is 45.6 Å². The van der Waals surface area contributed by atoms with Gasteiger partial charge in [0, 0.05) is 0 Å². The second-order valence-electron chi connectivity index (χ2n) is 3.75. The van der Waals surface area contributed by atoms with Crippen molar-refractivity contribution in [3.63, 3.8) is 0 Å². The van der Waals surface area contributed by atoms with Crippen molar-refractivity contribution >= 4 is 5.91 Å². The van der Waals surface area contributed by atoms with Crippen LogP contribution < -0.4 is 5.73 Å². The van der Waals surface area contributed by atoms with E-state index in [0.717, 1.165) is 12.8 Å². The van der Waals surface area contributed by atoms with Crippen molar-refractivity contribution in [1.82, 2.24) is 0 Å². The van der Waals surface area contributed by atoms with Crippen LogP contribution in [0.25, 0.3) is 0 Å². The summed E-state index contributed by atoms with van der Waals surface area (Å²) in [6, 6.07) is 0. The molecule has 0 unspecified atom stereocenters. The molecule has 1 amide bonds. The Labute approximate surface area is 74.0 Å². The summed E-state index contributed by atoms with van der Waals surface area (Å²) in [4.78, 5) is 10.9. The fraction of sp³-hybridized carbons (Fsp3) is 0.889. The lowest BCUT2D eigenvalue weighted by Crippen LogP contribution is -2.40. The highest BCUT2D eigenvalue weighted by Crippen LogP contribution is 2.21. The number of carbonyl (C=O) groups excluding carboxylic acids is 1. The molecular formula is C9H19NO2. The normalized spacial score (nSPS) is 14.3. The first-order valence-corrected chi connectivity index (χ1v) is 4.41. The summed E-state index contributed by atoms with van der Waals surface area (Å²) in [5.74, 6) is -0.826. The van der Waals surface area contributed by atoms with Gasteiger partial charge >= 0.3 is 0 Å². The Morgan fingerprint density at radius 3 is 2.33 bits per heavy atom. The van der Waals surface area contributed by atoms with E-state index in [9.17, 15) is 9.90 Å². The van der Waals surface area contributed by atoms with E-state index in [1.807, 2.05) is 6.92 Å². The molecule has 3 N–H and O–H groups in total. The highest BCUT2D eigenvalue weighted by Gasteiger charge is 2.30. The first-order chi connectivity index (χ1) is 5.39. The molecule has 0 saturated heterocycles. The number of aliphatic hydroxyl groups is 1. The number of primary amides is 1. The topological polar surface area (TPSA) is 63.3 Å². The summed E-state index contributed by atoms with van der Waals surface area (Å²) in [6.07, 6.45) is 2.62. The van der Waals surface area contributed by atoms with Crippen molar-refractivity contribution in [3.8, 4) is 0 Å². The minimum absolute atomic E-state index is 0.407. The predicted octanol–water partition coefficient (Wildman–Crippen LogP) is 1.05. The third kappa shape index (κ3) is 3.72. The third-order valence-electron chi connectivity index (χ3n) is 2.04. The monoisotopic (exact) mass is 173 g/mol. The Hall–Kier alpha value is -0.570. The Morgan fingerprint density at radius 1 is 1.58 bits per heavy atom. The number of nitrogens with two attached hydrogens (primary N) is 1. The van der Waals surface area contributed by atoms with Gasteiger partial charge in [-0.3, -0.25) is 4.79 Å². The zero-order valence-electron chi connectivity index (χ0n) is 8.13. The summed E-state index contributed by atoms with van der Waals surface area (Å²) in [6.45, 7) is 5.29. The van der Waals surface area contributed by atoms with Gasteiger partial charge in [0.2, 0.25) is 5.91 Å². The van der Waals surface area contributed by atoms with Crippen LogP contribution in [0.15, 0.2) is 0 Å². The zero-order chi connectivity index (χ0) is 9.78. The van der Waals surface area contributed by atoms with E-state index in [0.29, 0.717) is 6.42 Å². The second kappa shape index (κ2) is 4.45. The average Bonchev–Trinajstić information content (AvgIpc) is 1.84. The number of hydrogen-bond acceptors (Lipinski definition) is 2. The largest absolute Gasteiger partial charge is 0.390 e. The highest BCUT2D eigenvalue weighted by atomic mass is 16.3. The maximum absolute atomic E-state index is 10.9. The minimum Gasteiger partial charge on any atom is -0.390 e. The fourth-order valence-corrected chi connectivity index (χ4v) is 1.25. The van der Waals surface area contributed by atoms with Gasteiger partial charge in [0.1, 0.15) is 0 Å². The average molecular weight is 173 g/mol. The Morgan fingerprint density at radius 2 is 2.08 bits per heavy atom. The molecule has 0 aromatic rings. The third-order valence-corrected chi connectivity index (χ3v) is 2.04. The van der Waals surface area contributed by atoms with Gasteiger partial charge < -0.3 is 10.8 Å². The Kier molecular flexibility index (Phi) is 4.24. The molecule has 0 fully saturated rings. The van der Waals surface area contributed by atoms with Crippen molar-refractivity contribution in [2.75, 3.05) is 0 Å². The molecular weight excluding hydrogens is 154 g/mol. The highest BCUT2D eigenvalue weighted by molar-refractivity contribution is 5.77. The number of carbonyl (C=O) groups is 1. The molecule has 0 aliphatic rings. The van der Waals surface area contributed by atoms with Crippen LogP contribution in [-0.4, -0.2) is 16.6 Å². The van der Waals surface area contributed by atoms with Crippen LogP contribution in [0, 0.1) is 5.92 Å². The molecule has 0 aromatic heterocycles. The molecule has 0 aromatic carbocycles. The molecule has 0 spiro atoms. The van der Waals surface area contributed by atoms with Crippen molar-refractivity contribution in [3.05, 3.63) is 0 Å². The van der Waals surface area contributed by atoms with Crippen LogP contribution in [0.5, 0.6) is 0 Å². The van der Waals surface area contributed by atoms with Crippen LogP contribution in [0.1, 0.15) is 40.0 Å². The first kappa shape index (κ1) is 11.4. The van der Waals surface area contributed by atoms with Gasteiger partial charge in [0.15, 0.2) is 0 Å². The fourth-order valence-electron chi connectivity index (χ4n) is 1.25. The van der Waals surface area contributed by atoms with Gasteiger partial charge in [-0.1, -0.05) is 19.8 Å². The van der Waals surface area contributed by atoms with Crippen molar-refractivity contribution < 1.29 is 9.90 Å². The SMILES string of the molecule is CCCC[C@H](C(N)=O)C(C)(C)O. The first-order valence-electron chi connectivity index (χ1n) is 4.41. The lowest BCUT2D eigenvalue weighted by molar-refractivity contribution is -0.129. The Bertz CT molecular complexity index is 149. The summed E-state index contributed by atoms with van der Waals surface area (Å²) in [7, 11) is 0. The molecule has 3 nitrogen and oxygen atoms in total. The molecule has 1 atom stereocenters. The van der Waals surface area contributed by atoms with E-state index in [-0.39, 0.29) is 0 Å². The van der Waals surface area contributed by atoms with E-state index >= 15 is 0 Å². The molecule has 0 rings (SSSR count). The maximum atomic E-state index is 10.9. The smallest absolute Gasteiger partial charge is 0.223 e.